The largest absolute Gasteiger partial charge is 0.508 e. The van der Waals surface area contributed by atoms with Crippen molar-refractivity contribution in [3.05, 3.63) is 121 Å². The standard InChI is InChI=1S/C50H58N4O9/c1-3-30(24-6-4-5-7-24)49(60)62-39-20-35-45(59)43-38(58)19-29(22-55)61-47(43)44-41-33-14-15-53-48(52)42(33)32(13-9-25-8-11-28(57)18-34(25)36(41)23-56)31-12-10-26-17-40(51)54-21-27(26)16-37(31)50(39,2)63-46(35)44/h3,8,11,14,17-19,21,24,31-32,36-37,39-41,53-57,59H,4-7,9-10,12-13,15-16,20,22-23,51-52H2,1-2H3. The molecular weight excluding hydrogens is 801 g/mol. The Morgan fingerprint density at radius 1 is 1.06 bits per heavy atom. The number of nitrogens with one attached hydrogen (secondary N) is 2. The Kier molecular flexibility index (Phi) is 10.5. The zero-order valence-corrected chi connectivity index (χ0v) is 35.9. The number of rotatable bonds is 5. The van der Waals surface area contributed by atoms with E-state index in [1.165, 1.54) is 6.07 Å². The van der Waals surface area contributed by atoms with Crippen molar-refractivity contribution in [1.82, 2.24) is 10.6 Å². The number of phenolic OH excluding ortho intramolecular Hbond substituents is 2. The third-order valence-electron chi connectivity index (χ3n) is 15.7. The highest BCUT2D eigenvalue weighted by Crippen LogP contribution is 2.61. The molecule has 4 bridgehead atoms. The lowest BCUT2D eigenvalue weighted by atomic mass is 9.61. The first-order valence-electron chi connectivity index (χ1n) is 22.7. The van der Waals surface area contributed by atoms with Crippen LogP contribution < -0.4 is 32.3 Å². The van der Waals surface area contributed by atoms with Crippen LogP contribution in [0.5, 0.6) is 17.2 Å². The van der Waals surface area contributed by atoms with Crippen molar-refractivity contribution in [2.24, 2.45) is 35.1 Å². The summed E-state index contributed by atoms with van der Waals surface area (Å²) in [5, 5.41) is 52.5. The van der Waals surface area contributed by atoms with Crippen LogP contribution in [0.2, 0.25) is 0 Å². The Labute approximate surface area is 366 Å². The van der Waals surface area contributed by atoms with Gasteiger partial charge in [-0.2, -0.15) is 0 Å². The molecule has 13 heteroatoms. The lowest BCUT2D eigenvalue weighted by Gasteiger charge is -2.52. The molecule has 2 saturated carbocycles. The van der Waals surface area contributed by atoms with Gasteiger partial charge in [0.05, 0.1) is 12.8 Å². The molecule has 8 unspecified atom stereocenters. The van der Waals surface area contributed by atoms with Crippen LogP contribution in [0.4, 0.5) is 0 Å². The minimum atomic E-state index is -1.25. The van der Waals surface area contributed by atoms with Crippen molar-refractivity contribution in [3.63, 3.8) is 0 Å². The molecule has 7 aliphatic rings. The van der Waals surface area contributed by atoms with Crippen molar-refractivity contribution < 1.29 is 39.1 Å². The molecule has 2 aromatic carbocycles. The molecule has 10 N–H and O–H groups in total. The summed E-state index contributed by atoms with van der Waals surface area (Å²) in [5.41, 5.74) is 18.9. The zero-order chi connectivity index (χ0) is 43.9. The van der Waals surface area contributed by atoms with Gasteiger partial charge >= 0.3 is 5.97 Å². The van der Waals surface area contributed by atoms with Gasteiger partial charge in [-0.25, -0.2) is 4.79 Å². The molecule has 1 aromatic heterocycles. The molecule has 63 heavy (non-hydrogen) atoms. The smallest absolute Gasteiger partial charge is 0.334 e. The molecule has 10 rings (SSSR count). The minimum Gasteiger partial charge on any atom is -0.508 e. The maximum absolute atomic E-state index is 14.7. The Balaban J connectivity index is 1.32. The van der Waals surface area contributed by atoms with Crippen molar-refractivity contribution in [2.45, 2.75) is 114 Å². The molecule has 0 saturated heterocycles. The van der Waals surface area contributed by atoms with Crippen LogP contribution in [-0.2, 0) is 29.0 Å². The van der Waals surface area contributed by atoms with E-state index in [4.69, 9.17) is 25.4 Å². The average Bonchev–Trinajstić information content (AvgIpc) is 3.74. The number of hydrogen-bond donors (Lipinski definition) is 8. The fourth-order valence-corrected chi connectivity index (χ4v) is 12.7. The highest BCUT2D eigenvalue weighted by Gasteiger charge is 2.58. The number of aliphatic hydroxyl groups excluding tert-OH is 2. The van der Waals surface area contributed by atoms with Crippen LogP contribution in [0.15, 0.2) is 91.6 Å². The predicted octanol–water partition coefficient (Wildman–Crippen LogP) is 5.69. The number of nitrogens with two attached hydrogens (primary N) is 2. The van der Waals surface area contributed by atoms with E-state index in [-0.39, 0.29) is 82.4 Å². The number of fused-ring (bicyclic) bond motifs is 9. The van der Waals surface area contributed by atoms with E-state index < -0.39 is 41.5 Å². The van der Waals surface area contributed by atoms with Gasteiger partial charge in [0.25, 0.3) is 0 Å². The van der Waals surface area contributed by atoms with Gasteiger partial charge in [0.1, 0.15) is 58.1 Å². The summed E-state index contributed by atoms with van der Waals surface area (Å²) < 4.78 is 21.0. The first kappa shape index (κ1) is 41.5. The summed E-state index contributed by atoms with van der Waals surface area (Å²) in [6.07, 6.45) is 13.9. The maximum atomic E-state index is 14.7. The second kappa shape index (κ2) is 15.9. The number of carbonyl (C=O) groups is 1. The van der Waals surface area contributed by atoms with E-state index in [1.54, 1.807) is 12.1 Å². The molecule has 3 aliphatic carbocycles. The number of dihydropyridines is 2. The lowest BCUT2D eigenvalue weighted by Crippen LogP contribution is -2.59. The number of phenols is 2. The summed E-state index contributed by atoms with van der Waals surface area (Å²) in [7, 11) is 0. The van der Waals surface area contributed by atoms with E-state index in [9.17, 15) is 30.0 Å². The average molecular weight is 859 g/mol. The van der Waals surface area contributed by atoms with Crippen LogP contribution in [0, 0.1) is 23.7 Å². The van der Waals surface area contributed by atoms with Gasteiger partial charge in [0.15, 0.2) is 5.43 Å². The van der Waals surface area contributed by atoms with Gasteiger partial charge < -0.3 is 56.4 Å². The molecule has 3 aromatic rings. The number of esters is 1. The topological polar surface area (TPSA) is 223 Å². The van der Waals surface area contributed by atoms with Crippen molar-refractivity contribution in [1.29, 1.82) is 0 Å². The monoisotopic (exact) mass is 858 g/mol. The summed E-state index contributed by atoms with van der Waals surface area (Å²) in [5.74, 6) is -2.06. The molecular formula is C50H58N4O9. The van der Waals surface area contributed by atoms with Gasteiger partial charge in [-0.3, -0.25) is 4.79 Å². The highest BCUT2D eigenvalue weighted by atomic mass is 16.6. The maximum Gasteiger partial charge on any atom is 0.334 e. The number of aromatic hydroxyl groups is 2. The Bertz CT molecular complexity index is 2620. The fraction of sp³-hybridized carbons (Fsp3) is 0.480. The molecule has 5 heterocycles. The number of carbonyl (C=O) groups excluding carboxylic acids is 1. The van der Waals surface area contributed by atoms with Crippen LogP contribution >= 0.6 is 0 Å². The molecule has 2 fully saturated rings. The number of allylic oxidation sites excluding steroid dienone is 5. The van der Waals surface area contributed by atoms with Crippen LogP contribution in [0.1, 0.15) is 105 Å². The molecule has 8 atom stereocenters. The minimum absolute atomic E-state index is 0.0106. The Morgan fingerprint density at radius 3 is 2.63 bits per heavy atom. The Morgan fingerprint density at radius 2 is 1.87 bits per heavy atom. The molecule has 13 nitrogen and oxygen atoms in total. The third kappa shape index (κ3) is 6.68. The highest BCUT2D eigenvalue weighted by molar-refractivity contribution is 5.92. The zero-order valence-electron chi connectivity index (χ0n) is 35.9. The summed E-state index contributed by atoms with van der Waals surface area (Å²) in [6, 6.07) is 6.48. The fourth-order valence-electron chi connectivity index (χ4n) is 12.7. The molecule has 0 radical (unpaired) electrons. The normalized spacial score (nSPS) is 30.3. The van der Waals surface area contributed by atoms with E-state index >= 15 is 0 Å². The molecule has 0 spiro atoms. The van der Waals surface area contributed by atoms with Crippen LogP contribution in [-0.4, -0.2) is 57.4 Å². The molecule has 0 amide bonds. The van der Waals surface area contributed by atoms with E-state index in [1.807, 2.05) is 32.2 Å². The number of hydrogen-bond acceptors (Lipinski definition) is 13. The van der Waals surface area contributed by atoms with Gasteiger partial charge in [-0.1, -0.05) is 31.1 Å². The van der Waals surface area contributed by atoms with E-state index in [0.29, 0.717) is 42.8 Å². The van der Waals surface area contributed by atoms with Crippen molar-refractivity contribution in [3.8, 4) is 17.2 Å². The first-order valence-corrected chi connectivity index (χ1v) is 22.7. The summed E-state index contributed by atoms with van der Waals surface area (Å²) in [6.45, 7) is 3.32. The summed E-state index contributed by atoms with van der Waals surface area (Å²) >= 11 is 0. The van der Waals surface area contributed by atoms with Gasteiger partial charge in [0, 0.05) is 59.7 Å². The molecule has 4 aliphatic heterocycles. The third-order valence-corrected chi connectivity index (χ3v) is 15.7. The number of aryl methyl sites for hydroxylation is 1. The van der Waals surface area contributed by atoms with Gasteiger partial charge in [-0.05, 0) is 128 Å². The first-order chi connectivity index (χ1) is 30.4. The quantitative estimate of drug-likeness (QED) is 0.114. The number of aliphatic hydroxyl groups is 2. The van der Waals surface area contributed by atoms with Crippen molar-refractivity contribution in [2.75, 3.05) is 13.2 Å². The lowest BCUT2D eigenvalue weighted by molar-refractivity contribution is -0.169. The number of ether oxygens (including phenoxy) is 2. The SMILES string of the molecule is CC=C(C(=O)OC1Cc2c3c(c4oc(CO)cc(=O)c4c2O)C2C4=CCNC(N)=C4C(CCc4ccc(O)cc4C2CO)C2CCC4=CC(N)NC=C4CC2C1(C)O3)C1CCCC1. The summed E-state index contributed by atoms with van der Waals surface area (Å²) in [4.78, 5) is 28.9. The van der Waals surface area contributed by atoms with Gasteiger partial charge in [0.2, 0.25) is 0 Å². The van der Waals surface area contributed by atoms with Gasteiger partial charge in [-0.15, -0.1) is 0 Å². The van der Waals surface area contributed by atoms with Crippen LogP contribution in [0.25, 0.3) is 11.0 Å². The van der Waals surface area contributed by atoms with Crippen molar-refractivity contribution >= 4 is 16.9 Å². The van der Waals surface area contributed by atoms with E-state index in [0.717, 1.165) is 71.9 Å². The molecule has 332 valence electrons. The Hall–Kier alpha value is -5.50. The second-order valence-electron chi connectivity index (χ2n) is 18.8. The predicted molar refractivity (Wildman–Crippen MR) is 236 cm³/mol. The second-order valence-corrected chi connectivity index (χ2v) is 18.8. The van der Waals surface area contributed by atoms with E-state index in [2.05, 4.69) is 22.8 Å². The number of benzene rings is 2. The van der Waals surface area contributed by atoms with Crippen LogP contribution in [0.3, 0.4) is 0 Å².